The molecule has 0 saturated heterocycles. The summed E-state index contributed by atoms with van der Waals surface area (Å²) in [6.07, 6.45) is 0. The van der Waals surface area contributed by atoms with Gasteiger partial charge in [-0.1, -0.05) is 42.5 Å². The van der Waals surface area contributed by atoms with E-state index >= 15 is 0 Å². The fourth-order valence-corrected chi connectivity index (χ4v) is 2.50. The Kier molecular flexibility index (Phi) is 3.97. The summed E-state index contributed by atoms with van der Waals surface area (Å²) in [7, 11) is 3.98. The van der Waals surface area contributed by atoms with E-state index < -0.39 is 0 Å². The van der Waals surface area contributed by atoms with Gasteiger partial charge in [-0.25, -0.2) is 0 Å². The Morgan fingerprint density at radius 2 is 1.78 bits per heavy atom. The SMILES string of the molecule is CN(C)C(c1cccc2ccccc12)C(N)CO. The molecule has 0 aliphatic heterocycles. The monoisotopic (exact) mass is 244 g/mol. The van der Waals surface area contributed by atoms with Gasteiger partial charge in [0.15, 0.2) is 0 Å². The third kappa shape index (κ3) is 2.38. The van der Waals surface area contributed by atoms with Crippen molar-refractivity contribution >= 4 is 10.8 Å². The Bertz CT molecular complexity index is 519. The van der Waals surface area contributed by atoms with Crippen LogP contribution >= 0.6 is 0 Å². The number of aliphatic hydroxyl groups excluding tert-OH is 1. The molecule has 0 amide bonds. The van der Waals surface area contributed by atoms with Crippen LogP contribution in [0.1, 0.15) is 11.6 Å². The highest BCUT2D eigenvalue weighted by molar-refractivity contribution is 5.86. The largest absolute Gasteiger partial charge is 0.395 e. The molecule has 3 heteroatoms. The summed E-state index contributed by atoms with van der Waals surface area (Å²) in [5, 5.41) is 11.7. The Morgan fingerprint density at radius 3 is 2.44 bits per heavy atom. The smallest absolute Gasteiger partial charge is 0.0601 e. The average molecular weight is 244 g/mol. The van der Waals surface area contributed by atoms with Gasteiger partial charge in [0, 0.05) is 6.04 Å². The Labute approximate surface area is 108 Å². The molecule has 2 unspecified atom stereocenters. The van der Waals surface area contributed by atoms with Crippen LogP contribution in [-0.2, 0) is 0 Å². The second-order valence-corrected chi connectivity index (χ2v) is 4.82. The standard InChI is InChI=1S/C15H20N2O/c1-17(2)15(14(16)10-18)13-9-5-7-11-6-3-4-8-12(11)13/h3-9,14-15,18H,10,16H2,1-2H3. The van der Waals surface area contributed by atoms with Crippen LogP contribution in [0.5, 0.6) is 0 Å². The highest BCUT2D eigenvalue weighted by Gasteiger charge is 2.22. The number of rotatable bonds is 4. The molecule has 3 N–H and O–H groups in total. The highest BCUT2D eigenvalue weighted by atomic mass is 16.3. The number of hydrogen-bond acceptors (Lipinski definition) is 3. The van der Waals surface area contributed by atoms with Crippen molar-refractivity contribution in [2.24, 2.45) is 5.73 Å². The molecule has 96 valence electrons. The maximum absolute atomic E-state index is 9.34. The number of benzene rings is 2. The van der Waals surface area contributed by atoms with Gasteiger partial charge in [-0.3, -0.25) is 0 Å². The molecule has 0 saturated carbocycles. The molecule has 3 nitrogen and oxygen atoms in total. The zero-order valence-electron chi connectivity index (χ0n) is 10.9. The van der Waals surface area contributed by atoms with E-state index in [0.717, 1.165) is 0 Å². The van der Waals surface area contributed by atoms with Gasteiger partial charge in [-0.2, -0.15) is 0 Å². The van der Waals surface area contributed by atoms with Gasteiger partial charge in [0.05, 0.1) is 12.6 Å². The molecule has 0 radical (unpaired) electrons. The van der Waals surface area contributed by atoms with Crippen molar-refractivity contribution in [2.75, 3.05) is 20.7 Å². The van der Waals surface area contributed by atoms with Gasteiger partial charge >= 0.3 is 0 Å². The molecule has 0 fully saturated rings. The molecule has 0 aromatic heterocycles. The lowest BCUT2D eigenvalue weighted by molar-refractivity contribution is 0.182. The number of fused-ring (bicyclic) bond motifs is 1. The third-order valence-corrected chi connectivity index (χ3v) is 3.31. The van der Waals surface area contributed by atoms with Gasteiger partial charge in [0.25, 0.3) is 0 Å². The zero-order chi connectivity index (χ0) is 13.1. The summed E-state index contributed by atoms with van der Waals surface area (Å²) < 4.78 is 0. The van der Waals surface area contributed by atoms with Crippen molar-refractivity contribution in [1.82, 2.24) is 4.90 Å². The van der Waals surface area contributed by atoms with Gasteiger partial charge in [-0.15, -0.1) is 0 Å². The summed E-state index contributed by atoms with van der Waals surface area (Å²) in [6.45, 7) is -0.0218. The molecule has 18 heavy (non-hydrogen) atoms. The maximum Gasteiger partial charge on any atom is 0.0601 e. The van der Waals surface area contributed by atoms with E-state index in [-0.39, 0.29) is 18.7 Å². The van der Waals surface area contributed by atoms with Crippen LogP contribution in [-0.4, -0.2) is 36.8 Å². The van der Waals surface area contributed by atoms with E-state index in [2.05, 4.69) is 29.2 Å². The quantitative estimate of drug-likeness (QED) is 0.861. The molecule has 2 rings (SSSR count). The lowest BCUT2D eigenvalue weighted by Crippen LogP contribution is -2.39. The summed E-state index contributed by atoms with van der Waals surface area (Å²) in [5.74, 6) is 0. The molecule has 2 aromatic rings. The molecule has 0 heterocycles. The van der Waals surface area contributed by atoms with Crippen LogP contribution < -0.4 is 5.73 Å². The van der Waals surface area contributed by atoms with E-state index in [1.54, 1.807) is 0 Å². The first-order chi connectivity index (χ1) is 8.65. The number of hydrogen-bond donors (Lipinski definition) is 2. The minimum Gasteiger partial charge on any atom is -0.395 e. The predicted molar refractivity (Wildman–Crippen MR) is 75.4 cm³/mol. The van der Waals surface area contributed by atoms with Crippen molar-refractivity contribution in [2.45, 2.75) is 12.1 Å². The van der Waals surface area contributed by atoms with Crippen molar-refractivity contribution < 1.29 is 5.11 Å². The van der Waals surface area contributed by atoms with Gasteiger partial charge in [0.1, 0.15) is 0 Å². The Hall–Kier alpha value is -1.42. The molecule has 2 atom stereocenters. The van der Waals surface area contributed by atoms with Crippen molar-refractivity contribution in [3.05, 3.63) is 48.0 Å². The summed E-state index contributed by atoms with van der Waals surface area (Å²) >= 11 is 0. The normalized spacial score (nSPS) is 14.9. The van der Waals surface area contributed by atoms with Crippen LogP contribution in [0.3, 0.4) is 0 Å². The second kappa shape index (κ2) is 5.48. The first kappa shape index (κ1) is 13.0. The fraction of sp³-hybridized carbons (Fsp3) is 0.333. The van der Waals surface area contributed by atoms with Crippen molar-refractivity contribution in [1.29, 1.82) is 0 Å². The van der Waals surface area contributed by atoms with E-state index in [1.165, 1.54) is 16.3 Å². The van der Waals surface area contributed by atoms with Crippen LogP contribution in [0.4, 0.5) is 0 Å². The van der Waals surface area contributed by atoms with E-state index in [1.807, 2.05) is 32.3 Å². The predicted octanol–water partition coefficient (Wildman–Crippen LogP) is 1.76. The molecule has 0 aliphatic carbocycles. The van der Waals surface area contributed by atoms with Gasteiger partial charge in [0.2, 0.25) is 0 Å². The molecule has 0 aliphatic rings. The Morgan fingerprint density at radius 1 is 1.11 bits per heavy atom. The van der Waals surface area contributed by atoms with Crippen molar-refractivity contribution in [3.8, 4) is 0 Å². The van der Waals surface area contributed by atoms with E-state index in [0.29, 0.717) is 0 Å². The molecule has 0 spiro atoms. The summed E-state index contributed by atoms with van der Waals surface area (Å²) in [5.41, 5.74) is 7.22. The van der Waals surface area contributed by atoms with Crippen LogP contribution in [0.15, 0.2) is 42.5 Å². The van der Waals surface area contributed by atoms with Crippen molar-refractivity contribution in [3.63, 3.8) is 0 Å². The molecule has 0 bridgehead atoms. The fourth-order valence-electron chi connectivity index (χ4n) is 2.50. The topological polar surface area (TPSA) is 49.5 Å². The zero-order valence-corrected chi connectivity index (χ0v) is 10.9. The maximum atomic E-state index is 9.34. The number of nitrogens with zero attached hydrogens (tertiary/aromatic N) is 1. The van der Waals surface area contributed by atoms with Crippen LogP contribution in [0.25, 0.3) is 10.8 Å². The van der Waals surface area contributed by atoms with E-state index in [4.69, 9.17) is 5.73 Å². The molecule has 2 aromatic carbocycles. The third-order valence-electron chi connectivity index (χ3n) is 3.31. The minimum absolute atomic E-state index is 0.0149. The summed E-state index contributed by atoms with van der Waals surface area (Å²) in [4.78, 5) is 2.06. The molecular formula is C15H20N2O. The number of likely N-dealkylation sites (N-methyl/N-ethyl adjacent to an activating group) is 1. The summed E-state index contributed by atoms with van der Waals surface area (Å²) in [6, 6.07) is 14.2. The van der Waals surface area contributed by atoms with Gasteiger partial charge in [-0.05, 0) is 30.4 Å². The van der Waals surface area contributed by atoms with E-state index in [9.17, 15) is 5.11 Å². The Balaban J connectivity index is 2.57. The second-order valence-electron chi connectivity index (χ2n) is 4.82. The van der Waals surface area contributed by atoms with Gasteiger partial charge < -0.3 is 15.7 Å². The van der Waals surface area contributed by atoms with Crippen LogP contribution in [0.2, 0.25) is 0 Å². The highest BCUT2D eigenvalue weighted by Crippen LogP contribution is 2.28. The number of aliphatic hydroxyl groups is 1. The minimum atomic E-state index is -0.286. The lowest BCUT2D eigenvalue weighted by Gasteiger charge is -2.30. The molecular weight excluding hydrogens is 224 g/mol. The number of nitrogens with two attached hydrogens (primary N) is 1. The first-order valence-electron chi connectivity index (χ1n) is 6.15. The average Bonchev–Trinajstić information content (AvgIpc) is 2.38. The van der Waals surface area contributed by atoms with Crippen LogP contribution in [0, 0.1) is 0 Å². The lowest BCUT2D eigenvalue weighted by atomic mass is 9.94. The first-order valence-corrected chi connectivity index (χ1v) is 6.15.